The molecule has 0 aliphatic heterocycles. The van der Waals surface area contributed by atoms with E-state index < -0.39 is 5.92 Å². The van der Waals surface area contributed by atoms with E-state index in [2.05, 4.69) is 0 Å². The monoisotopic (exact) mass is 102 g/mol. The van der Waals surface area contributed by atoms with Gasteiger partial charge in [0.25, 0.3) is 0 Å². The molecule has 5 heavy (non-hydrogen) atoms. The quantitative estimate of drug-likeness (QED) is 0.405. The van der Waals surface area contributed by atoms with E-state index in [1.54, 1.807) is 0 Å². The molecule has 0 aromatic carbocycles. The zero-order valence-electron chi connectivity index (χ0n) is 2.21. The van der Waals surface area contributed by atoms with Gasteiger partial charge in [-0.15, -0.1) is 0 Å². The van der Waals surface area contributed by atoms with Crippen LogP contribution < -0.4 is 0 Å². The molecule has 0 amide bonds. The molecule has 1 atom stereocenters. The molecule has 0 saturated heterocycles. The molecule has 1 unspecified atom stereocenters. The fraction of sp³-hybridized carbons (Fsp3) is 1.00. The molecule has 0 nitrogen and oxygen atoms in total. The van der Waals surface area contributed by atoms with Crippen LogP contribution in [0.1, 0.15) is 0 Å². The Labute approximate surface area is 29.6 Å². The van der Waals surface area contributed by atoms with Gasteiger partial charge in [0, 0.05) is 0 Å². The molecule has 4 heteroatoms. The summed E-state index contributed by atoms with van der Waals surface area (Å²) >= 11 is 0. The SMILES string of the molecule is FC(F)(F)P. The van der Waals surface area contributed by atoms with Crippen molar-refractivity contribution in [3.05, 3.63) is 0 Å². The summed E-state index contributed by atoms with van der Waals surface area (Å²) in [5.41, 5.74) is 0. The lowest BCUT2D eigenvalue weighted by Gasteiger charge is -1.88. The van der Waals surface area contributed by atoms with Crippen molar-refractivity contribution in [1.29, 1.82) is 0 Å². The molecule has 0 aliphatic rings. The standard InChI is InChI=1S/CH2F3P/c2-1(3,4)5/h5H2. The van der Waals surface area contributed by atoms with Crippen LogP contribution in [0.5, 0.6) is 0 Å². The zero-order chi connectivity index (χ0) is 4.50. The summed E-state index contributed by atoms with van der Waals surface area (Å²) in [5.74, 6) is -4.08. The maximum atomic E-state index is 10.3. The van der Waals surface area contributed by atoms with E-state index in [0.717, 1.165) is 0 Å². The zero-order valence-corrected chi connectivity index (χ0v) is 3.37. The van der Waals surface area contributed by atoms with Crippen molar-refractivity contribution in [3.63, 3.8) is 0 Å². The minimum Gasteiger partial charge on any atom is -0.168 e. The molecule has 0 radical (unpaired) electrons. The van der Waals surface area contributed by atoms with Crippen molar-refractivity contribution in [1.82, 2.24) is 0 Å². The van der Waals surface area contributed by atoms with Gasteiger partial charge in [0.05, 0.1) is 0 Å². The van der Waals surface area contributed by atoms with Gasteiger partial charge in [-0.1, -0.05) is 0 Å². The second-order valence-electron chi connectivity index (χ2n) is 0.542. The lowest BCUT2D eigenvalue weighted by Crippen LogP contribution is -1.88. The number of hydrogen-bond acceptors (Lipinski definition) is 0. The van der Waals surface area contributed by atoms with E-state index in [4.69, 9.17) is 0 Å². The Morgan fingerprint density at radius 1 is 1.20 bits per heavy atom. The van der Waals surface area contributed by atoms with Gasteiger partial charge in [-0.2, -0.15) is 13.2 Å². The van der Waals surface area contributed by atoms with Crippen molar-refractivity contribution in [2.75, 3.05) is 0 Å². The van der Waals surface area contributed by atoms with E-state index >= 15 is 0 Å². The van der Waals surface area contributed by atoms with Crippen LogP contribution in [0.15, 0.2) is 0 Å². The van der Waals surface area contributed by atoms with Crippen LogP contribution in [0, 0.1) is 0 Å². The first-order chi connectivity index (χ1) is 2.00. The van der Waals surface area contributed by atoms with E-state index in [0.29, 0.717) is 9.24 Å². The van der Waals surface area contributed by atoms with Gasteiger partial charge in [-0.05, 0) is 9.24 Å². The second kappa shape index (κ2) is 1.13. The van der Waals surface area contributed by atoms with Gasteiger partial charge in [0.15, 0.2) is 0 Å². The fourth-order valence-electron chi connectivity index (χ4n) is 0. The van der Waals surface area contributed by atoms with E-state index in [9.17, 15) is 13.2 Å². The average molecular weight is 102 g/mol. The highest BCUT2D eigenvalue weighted by molar-refractivity contribution is 7.17. The first-order valence-electron chi connectivity index (χ1n) is 0.856. The van der Waals surface area contributed by atoms with Crippen LogP contribution >= 0.6 is 9.24 Å². The molecule has 0 spiro atoms. The second-order valence-corrected chi connectivity index (χ2v) is 1.20. The third kappa shape index (κ3) is 430. The van der Waals surface area contributed by atoms with Crippen LogP contribution in [0.3, 0.4) is 0 Å². The first-order valence-corrected chi connectivity index (χ1v) is 1.43. The molecule has 0 rings (SSSR count). The molecule has 0 saturated carbocycles. The van der Waals surface area contributed by atoms with Crippen LogP contribution in [0.4, 0.5) is 13.2 Å². The lowest BCUT2D eigenvalue weighted by molar-refractivity contribution is -0.0341. The third-order valence-electron chi connectivity index (χ3n) is 0. The van der Waals surface area contributed by atoms with Gasteiger partial charge in [0.1, 0.15) is 0 Å². The minimum absolute atomic E-state index is 0.715. The van der Waals surface area contributed by atoms with Crippen LogP contribution in [-0.2, 0) is 0 Å². The normalized spacial score (nSPS) is 12.0. The summed E-state index contributed by atoms with van der Waals surface area (Å²) in [5, 5.41) is 0. The van der Waals surface area contributed by atoms with Crippen molar-refractivity contribution in [2.45, 2.75) is 5.92 Å². The molecule has 0 N–H and O–H groups in total. The summed E-state index contributed by atoms with van der Waals surface area (Å²) in [7, 11) is 0.715. The van der Waals surface area contributed by atoms with E-state index in [-0.39, 0.29) is 0 Å². The predicted octanol–water partition coefficient (Wildman–Crippen LogP) is 1.38. The molecule has 0 heterocycles. The fourth-order valence-corrected chi connectivity index (χ4v) is 0. The molecular formula is CH2F3P. The Morgan fingerprint density at radius 2 is 1.20 bits per heavy atom. The van der Waals surface area contributed by atoms with Crippen molar-refractivity contribution < 1.29 is 13.2 Å². The molecule has 0 aliphatic carbocycles. The van der Waals surface area contributed by atoms with Crippen molar-refractivity contribution in [3.8, 4) is 0 Å². The Morgan fingerprint density at radius 3 is 1.20 bits per heavy atom. The maximum Gasteiger partial charge on any atom is 0.399 e. The average Bonchev–Trinajstić information content (AvgIpc) is 0.722. The van der Waals surface area contributed by atoms with Gasteiger partial charge in [-0.3, -0.25) is 0 Å². The summed E-state index contributed by atoms with van der Waals surface area (Å²) in [6, 6.07) is 0. The topological polar surface area (TPSA) is 0 Å². The number of halogens is 3. The first kappa shape index (κ1) is 5.22. The maximum absolute atomic E-state index is 10.3. The lowest BCUT2D eigenvalue weighted by atomic mass is 11.6. The summed E-state index contributed by atoms with van der Waals surface area (Å²) < 4.78 is 31.0. The summed E-state index contributed by atoms with van der Waals surface area (Å²) in [4.78, 5) is 0. The molecule has 32 valence electrons. The predicted molar refractivity (Wildman–Crippen MR) is 15.8 cm³/mol. The Bertz CT molecular complexity index is 22.4. The minimum atomic E-state index is -4.08. The Hall–Kier alpha value is 0.220. The largest absolute Gasteiger partial charge is 0.399 e. The van der Waals surface area contributed by atoms with E-state index in [1.807, 2.05) is 0 Å². The molecule has 0 aromatic rings. The Kier molecular flexibility index (Phi) is 1.18. The smallest absolute Gasteiger partial charge is 0.168 e. The summed E-state index contributed by atoms with van der Waals surface area (Å²) in [6.45, 7) is 0. The Balaban J connectivity index is 3.02. The highest BCUT2D eigenvalue weighted by Gasteiger charge is 2.15. The number of rotatable bonds is 0. The molecular weight excluding hydrogens is 100.0 g/mol. The van der Waals surface area contributed by atoms with E-state index in [1.165, 1.54) is 0 Å². The van der Waals surface area contributed by atoms with Crippen LogP contribution in [-0.4, -0.2) is 5.92 Å². The van der Waals surface area contributed by atoms with Gasteiger partial charge < -0.3 is 0 Å². The van der Waals surface area contributed by atoms with Crippen LogP contribution in [0.25, 0.3) is 0 Å². The number of hydrogen-bond donors (Lipinski definition) is 0. The van der Waals surface area contributed by atoms with Crippen LogP contribution in [0.2, 0.25) is 0 Å². The number of alkyl halides is 3. The van der Waals surface area contributed by atoms with Crippen molar-refractivity contribution in [2.24, 2.45) is 0 Å². The van der Waals surface area contributed by atoms with Gasteiger partial charge in [-0.25, -0.2) is 0 Å². The molecule has 0 bridgehead atoms. The highest BCUT2D eigenvalue weighted by Crippen LogP contribution is 2.21. The highest BCUT2D eigenvalue weighted by atomic mass is 31.0. The summed E-state index contributed by atoms with van der Waals surface area (Å²) in [6.07, 6.45) is 0. The van der Waals surface area contributed by atoms with Crippen molar-refractivity contribution >= 4 is 9.24 Å². The van der Waals surface area contributed by atoms with Gasteiger partial charge in [0.2, 0.25) is 0 Å². The molecule has 0 fully saturated rings. The molecule has 0 aromatic heterocycles. The third-order valence-corrected chi connectivity index (χ3v) is 0. The van der Waals surface area contributed by atoms with Gasteiger partial charge >= 0.3 is 5.92 Å².